The third-order valence-electron chi connectivity index (χ3n) is 3.57. The fourth-order valence-electron chi connectivity index (χ4n) is 2.23. The van der Waals surface area contributed by atoms with Crippen LogP contribution in [0.25, 0.3) is 0 Å². The lowest BCUT2D eigenvalue weighted by molar-refractivity contribution is -0.111. The number of benzene rings is 2. The van der Waals surface area contributed by atoms with E-state index in [0.717, 1.165) is 0 Å². The Morgan fingerprint density at radius 2 is 1.39 bits per heavy atom. The fourth-order valence-corrected chi connectivity index (χ4v) is 3.79. The Morgan fingerprint density at radius 3 is 1.96 bits per heavy atom. The van der Waals surface area contributed by atoms with Gasteiger partial charge in [0.1, 0.15) is 0 Å². The molecule has 2 aromatic carbocycles. The maximum Gasteiger partial charge on any atom is 0.284 e. The minimum Gasteiger partial charge on any atom is -0.287 e. The lowest BCUT2D eigenvalue weighted by Gasteiger charge is -2.08. The molecule has 0 radical (unpaired) electrons. The van der Waals surface area contributed by atoms with Gasteiger partial charge in [0.25, 0.3) is 10.0 Å². The number of carbonyl (C=O) groups is 1. The van der Waals surface area contributed by atoms with Crippen LogP contribution in [-0.4, -0.2) is 25.7 Å². The number of halogens is 3. The van der Waals surface area contributed by atoms with Crippen LogP contribution in [0.4, 0.5) is 0 Å². The van der Waals surface area contributed by atoms with Crippen LogP contribution >= 0.6 is 34.8 Å². The van der Waals surface area contributed by atoms with Crippen molar-refractivity contribution in [3.8, 4) is 0 Å². The highest BCUT2D eigenvalue weighted by Crippen LogP contribution is 2.21. The van der Waals surface area contributed by atoms with E-state index in [1.165, 1.54) is 36.4 Å². The van der Waals surface area contributed by atoms with Crippen molar-refractivity contribution in [2.24, 2.45) is 9.39 Å². The van der Waals surface area contributed by atoms with Gasteiger partial charge in [-0.15, -0.1) is 4.40 Å². The van der Waals surface area contributed by atoms with Gasteiger partial charge < -0.3 is 0 Å². The summed E-state index contributed by atoms with van der Waals surface area (Å²) < 4.78 is 29.3. The van der Waals surface area contributed by atoms with E-state index in [1.807, 2.05) is 0 Å². The summed E-state index contributed by atoms with van der Waals surface area (Å²) in [6, 6.07) is 14.1. The monoisotopic (exact) mass is 452 g/mol. The number of ketones is 1. The minimum absolute atomic E-state index is 0.0356. The van der Waals surface area contributed by atoms with Gasteiger partial charge in [-0.25, -0.2) is 4.99 Å². The first-order valence-corrected chi connectivity index (χ1v) is 10.4. The Labute approximate surface area is 176 Å². The molecule has 0 spiro atoms. The zero-order chi connectivity index (χ0) is 20.3. The summed E-state index contributed by atoms with van der Waals surface area (Å²) >= 11 is 17.5. The van der Waals surface area contributed by atoms with Gasteiger partial charge >= 0.3 is 0 Å². The molecule has 0 heterocycles. The summed E-state index contributed by atoms with van der Waals surface area (Å²) in [4.78, 5) is 15.9. The number of rotatable bonds is 3. The SMILES string of the molecule is O=C1C(Cl)=CC(=NC(=NS(=O)(=O)c2ccc(Cl)cc2)c2ccccc2)C=C1Cl. The number of aliphatic imine (C=N–C) groups is 1. The predicted molar refractivity (Wildman–Crippen MR) is 112 cm³/mol. The summed E-state index contributed by atoms with van der Waals surface area (Å²) in [5.74, 6) is -0.615. The second kappa shape index (κ2) is 8.41. The summed E-state index contributed by atoms with van der Waals surface area (Å²) in [5.41, 5.74) is 0.655. The summed E-state index contributed by atoms with van der Waals surface area (Å²) in [6.45, 7) is 0. The second-order valence-electron chi connectivity index (χ2n) is 5.56. The fraction of sp³-hybridized carbons (Fsp3) is 0. The van der Waals surface area contributed by atoms with Crippen molar-refractivity contribution in [3.05, 3.63) is 87.4 Å². The topological polar surface area (TPSA) is 75.9 Å². The number of sulfonamides is 1. The smallest absolute Gasteiger partial charge is 0.284 e. The Kier molecular flexibility index (Phi) is 6.15. The van der Waals surface area contributed by atoms with Crippen LogP contribution in [-0.2, 0) is 14.8 Å². The number of amidine groups is 1. The van der Waals surface area contributed by atoms with Crippen molar-refractivity contribution in [2.45, 2.75) is 4.90 Å². The van der Waals surface area contributed by atoms with Gasteiger partial charge in [0, 0.05) is 10.6 Å². The first-order valence-electron chi connectivity index (χ1n) is 7.80. The van der Waals surface area contributed by atoms with Gasteiger partial charge in [-0.2, -0.15) is 8.42 Å². The van der Waals surface area contributed by atoms with Gasteiger partial charge in [-0.05, 0) is 36.4 Å². The van der Waals surface area contributed by atoms with E-state index < -0.39 is 15.8 Å². The quantitative estimate of drug-likeness (QED) is 0.382. The molecule has 0 bridgehead atoms. The van der Waals surface area contributed by atoms with Crippen LogP contribution in [0.2, 0.25) is 5.02 Å². The predicted octanol–water partition coefficient (Wildman–Crippen LogP) is 4.74. The molecule has 0 atom stereocenters. The number of nitrogens with zero attached hydrogens (tertiary/aromatic N) is 2. The van der Waals surface area contributed by atoms with Crippen LogP contribution in [0.3, 0.4) is 0 Å². The molecule has 2 aromatic rings. The van der Waals surface area contributed by atoms with Crippen molar-refractivity contribution in [1.29, 1.82) is 0 Å². The molecule has 142 valence electrons. The second-order valence-corrected chi connectivity index (χ2v) is 8.42. The average molecular weight is 454 g/mol. The van der Waals surface area contributed by atoms with Crippen LogP contribution in [0, 0.1) is 0 Å². The lowest BCUT2D eigenvalue weighted by Crippen LogP contribution is -2.11. The van der Waals surface area contributed by atoms with Crippen molar-refractivity contribution in [2.75, 3.05) is 0 Å². The Balaban J connectivity index is 2.14. The molecule has 0 unspecified atom stereocenters. The van der Waals surface area contributed by atoms with Gasteiger partial charge in [0.15, 0.2) is 5.84 Å². The van der Waals surface area contributed by atoms with Crippen LogP contribution < -0.4 is 0 Å². The summed E-state index contributed by atoms with van der Waals surface area (Å²) in [7, 11) is -4.07. The zero-order valence-electron chi connectivity index (χ0n) is 14.0. The lowest BCUT2D eigenvalue weighted by atomic mass is 10.1. The molecule has 9 heteroatoms. The molecular weight excluding hydrogens is 443 g/mol. The van der Waals surface area contributed by atoms with Crippen molar-refractivity contribution >= 4 is 62.2 Å². The van der Waals surface area contributed by atoms with Gasteiger partial charge in [0.2, 0.25) is 5.78 Å². The van der Waals surface area contributed by atoms with E-state index in [1.54, 1.807) is 30.3 Å². The van der Waals surface area contributed by atoms with E-state index in [0.29, 0.717) is 10.6 Å². The number of Topliss-reactive ketones (excluding diaryl/α,β-unsaturated/α-hetero) is 1. The first kappa shape index (κ1) is 20.5. The van der Waals surface area contributed by atoms with Crippen molar-refractivity contribution < 1.29 is 13.2 Å². The molecular formula is C19H11Cl3N2O3S. The molecule has 0 saturated carbocycles. The first-order chi connectivity index (χ1) is 13.3. The van der Waals surface area contributed by atoms with E-state index in [-0.39, 0.29) is 26.5 Å². The third-order valence-corrected chi connectivity index (χ3v) is 5.66. The zero-order valence-corrected chi connectivity index (χ0v) is 17.1. The minimum atomic E-state index is -4.07. The molecule has 0 N–H and O–H groups in total. The van der Waals surface area contributed by atoms with Crippen molar-refractivity contribution in [3.63, 3.8) is 0 Å². The normalized spacial score (nSPS) is 15.2. The van der Waals surface area contributed by atoms with Crippen LogP contribution in [0.5, 0.6) is 0 Å². The summed E-state index contributed by atoms with van der Waals surface area (Å²) in [5, 5.41) is 0.149. The highest BCUT2D eigenvalue weighted by atomic mass is 35.5. The molecule has 1 aliphatic rings. The molecule has 28 heavy (non-hydrogen) atoms. The highest BCUT2D eigenvalue weighted by Gasteiger charge is 2.19. The number of hydrogen-bond donors (Lipinski definition) is 0. The highest BCUT2D eigenvalue weighted by molar-refractivity contribution is 7.90. The molecule has 3 rings (SSSR count). The van der Waals surface area contributed by atoms with E-state index >= 15 is 0 Å². The number of carbonyl (C=O) groups excluding carboxylic acids is 1. The molecule has 0 aromatic heterocycles. The molecule has 1 aliphatic carbocycles. The molecule has 5 nitrogen and oxygen atoms in total. The molecule has 0 saturated heterocycles. The van der Waals surface area contributed by atoms with Gasteiger partial charge in [-0.3, -0.25) is 4.79 Å². The van der Waals surface area contributed by atoms with Gasteiger partial charge in [-0.1, -0.05) is 65.1 Å². The van der Waals surface area contributed by atoms with Crippen molar-refractivity contribution in [1.82, 2.24) is 0 Å². The van der Waals surface area contributed by atoms with Crippen LogP contribution in [0.15, 0.2) is 91.1 Å². The average Bonchev–Trinajstić information content (AvgIpc) is 2.66. The summed E-state index contributed by atoms with van der Waals surface area (Å²) in [6.07, 6.45) is 2.59. The van der Waals surface area contributed by atoms with Crippen LogP contribution in [0.1, 0.15) is 5.56 Å². The van der Waals surface area contributed by atoms with Gasteiger partial charge in [0.05, 0.1) is 20.7 Å². The largest absolute Gasteiger partial charge is 0.287 e. The Morgan fingerprint density at radius 1 is 0.821 bits per heavy atom. The molecule has 0 aliphatic heterocycles. The molecule has 0 fully saturated rings. The Hall–Kier alpha value is -2.25. The van der Waals surface area contributed by atoms with E-state index in [9.17, 15) is 13.2 Å². The number of hydrogen-bond acceptors (Lipinski definition) is 3. The van der Waals surface area contributed by atoms with E-state index in [4.69, 9.17) is 34.8 Å². The standard InChI is InChI=1S/C19H11Cl3N2O3S/c20-13-6-8-15(9-7-13)28(26,27)24-19(12-4-2-1-3-5-12)23-14-10-16(21)18(25)17(22)11-14/h1-11H. The maximum absolute atomic E-state index is 12.7. The Bertz CT molecular complexity index is 1130. The number of allylic oxidation sites excluding steroid dienone is 4. The van der Waals surface area contributed by atoms with E-state index in [2.05, 4.69) is 9.39 Å². The maximum atomic E-state index is 12.7. The molecule has 0 amide bonds. The third kappa shape index (κ3) is 4.77.